The Balaban J connectivity index is 2.86. The van der Waals surface area contributed by atoms with Gasteiger partial charge in [0.1, 0.15) is 0 Å². The van der Waals surface area contributed by atoms with E-state index < -0.39 is 18.6 Å². The van der Waals surface area contributed by atoms with Gasteiger partial charge in [0.2, 0.25) is 0 Å². The summed E-state index contributed by atoms with van der Waals surface area (Å²) in [5, 5.41) is 2.87. The maximum absolute atomic E-state index is 12.6. The zero-order valence-corrected chi connectivity index (χ0v) is 11.4. The average molecular weight is 251 g/mol. The minimum absolute atomic E-state index is 0.00588. The van der Waals surface area contributed by atoms with Crippen molar-refractivity contribution in [1.82, 2.24) is 5.32 Å². The predicted molar refractivity (Wildman–Crippen MR) is 63.8 cm³/mol. The van der Waals surface area contributed by atoms with E-state index in [1.165, 1.54) is 0 Å². The molecule has 1 N–H and O–H groups in total. The third-order valence-electron chi connectivity index (χ3n) is 5.31. The summed E-state index contributed by atoms with van der Waals surface area (Å²) in [4.78, 5) is 0. The van der Waals surface area contributed by atoms with Crippen molar-refractivity contribution >= 4 is 0 Å². The normalized spacial score (nSPS) is 32.1. The fraction of sp³-hybridized carbons (Fsp3) is 1.00. The van der Waals surface area contributed by atoms with E-state index in [0.29, 0.717) is 5.92 Å². The van der Waals surface area contributed by atoms with Gasteiger partial charge >= 0.3 is 6.18 Å². The molecule has 0 aromatic heterocycles. The predicted octanol–water partition coefficient (Wildman–Crippen LogP) is 3.99. The van der Waals surface area contributed by atoms with Gasteiger partial charge in [0.05, 0.1) is 6.42 Å². The van der Waals surface area contributed by atoms with Gasteiger partial charge in [-0.3, -0.25) is 0 Å². The van der Waals surface area contributed by atoms with Crippen LogP contribution in [0.5, 0.6) is 0 Å². The molecule has 1 nitrogen and oxygen atoms in total. The highest BCUT2D eigenvalue weighted by Crippen LogP contribution is 2.59. The maximum Gasteiger partial charge on any atom is 0.390 e. The Morgan fingerprint density at radius 1 is 1.35 bits per heavy atom. The molecule has 0 saturated heterocycles. The van der Waals surface area contributed by atoms with Crippen LogP contribution in [0.4, 0.5) is 13.2 Å². The van der Waals surface area contributed by atoms with Gasteiger partial charge in [-0.15, -0.1) is 0 Å². The Labute approximate surface area is 102 Å². The van der Waals surface area contributed by atoms with Crippen LogP contribution >= 0.6 is 0 Å². The minimum Gasteiger partial charge on any atom is -0.316 e. The summed E-state index contributed by atoms with van der Waals surface area (Å²) in [7, 11) is 1.63. The number of halogens is 3. The first-order valence-electron chi connectivity index (χ1n) is 6.28. The van der Waals surface area contributed by atoms with E-state index in [9.17, 15) is 13.2 Å². The van der Waals surface area contributed by atoms with Crippen LogP contribution < -0.4 is 5.32 Å². The first-order chi connectivity index (χ1) is 7.54. The second-order valence-corrected chi connectivity index (χ2v) is 6.24. The third kappa shape index (κ3) is 2.61. The molecule has 1 rings (SSSR count). The summed E-state index contributed by atoms with van der Waals surface area (Å²) >= 11 is 0. The van der Waals surface area contributed by atoms with Gasteiger partial charge in [0.15, 0.2) is 0 Å². The smallest absolute Gasteiger partial charge is 0.316 e. The Morgan fingerprint density at radius 3 is 2.12 bits per heavy atom. The summed E-state index contributed by atoms with van der Waals surface area (Å²) < 4.78 is 37.8. The number of nitrogens with one attached hydrogen (secondary N) is 1. The zero-order chi connectivity index (χ0) is 13.5. The quantitative estimate of drug-likeness (QED) is 0.796. The number of hydrogen-bond acceptors (Lipinski definition) is 1. The molecule has 0 bridgehead atoms. The number of rotatable bonds is 4. The molecule has 3 unspecified atom stereocenters. The lowest BCUT2D eigenvalue weighted by Crippen LogP contribution is -2.57. The molecule has 0 aliphatic heterocycles. The van der Waals surface area contributed by atoms with Gasteiger partial charge in [-0.2, -0.15) is 13.2 Å². The van der Waals surface area contributed by atoms with Crippen LogP contribution in [0.3, 0.4) is 0 Å². The van der Waals surface area contributed by atoms with Crippen LogP contribution in [0, 0.1) is 16.7 Å². The van der Waals surface area contributed by atoms with Crippen molar-refractivity contribution in [2.45, 2.75) is 59.2 Å². The van der Waals surface area contributed by atoms with E-state index in [0.717, 1.165) is 12.8 Å². The largest absolute Gasteiger partial charge is 0.390 e. The molecule has 1 aliphatic carbocycles. The third-order valence-corrected chi connectivity index (χ3v) is 5.31. The molecule has 0 aromatic carbocycles. The van der Waals surface area contributed by atoms with Crippen molar-refractivity contribution in [3.8, 4) is 0 Å². The Morgan fingerprint density at radius 2 is 1.88 bits per heavy atom. The molecule has 1 fully saturated rings. The molecule has 0 heterocycles. The first kappa shape index (κ1) is 14.8. The SMILES string of the molecule is CNC(CC(F)(F)F)C(C)(C)C1(C)CCC1C. The summed E-state index contributed by atoms with van der Waals surface area (Å²) in [6, 6.07) is -0.518. The van der Waals surface area contributed by atoms with Crippen molar-refractivity contribution in [3.05, 3.63) is 0 Å². The summed E-state index contributed by atoms with van der Waals surface area (Å²) in [5.41, 5.74) is -0.346. The summed E-state index contributed by atoms with van der Waals surface area (Å²) in [5.74, 6) is 0.501. The lowest BCUT2D eigenvalue weighted by Gasteiger charge is -2.58. The zero-order valence-electron chi connectivity index (χ0n) is 11.4. The van der Waals surface area contributed by atoms with Crippen molar-refractivity contribution in [2.24, 2.45) is 16.7 Å². The topological polar surface area (TPSA) is 12.0 Å². The van der Waals surface area contributed by atoms with E-state index in [1.807, 2.05) is 13.8 Å². The van der Waals surface area contributed by atoms with E-state index in [4.69, 9.17) is 0 Å². The van der Waals surface area contributed by atoms with Crippen LogP contribution in [0.15, 0.2) is 0 Å². The van der Waals surface area contributed by atoms with Crippen LogP contribution in [-0.2, 0) is 0 Å². The fourth-order valence-corrected chi connectivity index (χ4v) is 3.17. The lowest BCUT2D eigenvalue weighted by atomic mass is 9.48. The second-order valence-electron chi connectivity index (χ2n) is 6.24. The monoisotopic (exact) mass is 251 g/mol. The molecule has 3 atom stereocenters. The van der Waals surface area contributed by atoms with Gasteiger partial charge in [0.25, 0.3) is 0 Å². The Hall–Kier alpha value is -0.250. The molecule has 0 aromatic rings. The average Bonchev–Trinajstić information content (AvgIpc) is 2.20. The molecule has 0 amide bonds. The van der Waals surface area contributed by atoms with Crippen molar-refractivity contribution in [3.63, 3.8) is 0 Å². The van der Waals surface area contributed by atoms with Gasteiger partial charge in [0, 0.05) is 6.04 Å². The summed E-state index contributed by atoms with van der Waals surface area (Å²) in [6.07, 6.45) is -2.70. The van der Waals surface area contributed by atoms with Crippen LogP contribution in [0.25, 0.3) is 0 Å². The van der Waals surface area contributed by atoms with Crippen molar-refractivity contribution in [1.29, 1.82) is 0 Å². The van der Waals surface area contributed by atoms with E-state index >= 15 is 0 Å². The minimum atomic E-state index is -4.10. The maximum atomic E-state index is 12.6. The molecule has 102 valence electrons. The fourth-order valence-electron chi connectivity index (χ4n) is 3.17. The molecule has 4 heteroatoms. The Bertz CT molecular complexity index is 272. The first-order valence-corrected chi connectivity index (χ1v) is 6.28. The van der Waals surface area contributed by atoms with Gasteiger partial charge in [-0.25, -0.2) is 0 Å². The van der Waals surface area contributed by atoms with Crippen LogP contribution in [0.2, 0.25) is 0 Å². The van der Waals surface area contributed by atoms with E-state index in [1.54, 1.807) is 7.05 Å². The van der Waals surface area contributed by atoms with Crippen molar-refractivity contribution < 1.29 is 13.2 Å². The number of hydrogen-bond donors (Lipinski definition) is 1. The number of alkyl halides is 3. The molecular weight excluding hydrogens is 227 g/mol. The molecule has 0 radical (unpaired) electrons. The van der Waals surface area contributed by atoms with Gasteiger partial charge in [-0.05, 0) is 36.6 Å². The van der Waals surface area contributed by atoms with E-state index in [2.05, 4.69) is 19.2 Å². The lowest BCUT2D eigenvalue weighted by molar-refractivity contribution is -0.162. The molecule has 0 spiro atoms. The molecule has 17 heavy (non-hydrogen) atoms. The van der Waals surface area contributed by atoms with Gasteiger partial charge < -0.3 is 5.32 Å². The summed E-state index contributed by atoms with van der Waals surface area (Å²) in [6.45, 7) is 8.21. The second kappa shape index (κ2) is 4.45. The van der Waals surface area contributed by atoms with Crippen molar-refractivity contribution in [2.75, 3.05) is 7.05 Å². The van der Waals surface area contributed by atoms with E-state index in [-0.39, 0.29) is 10.8 Å². The standard InChI is InChI=1S/C13H24F3N/c1-9-6-7-12(9,4)11(2,3)10(17-5)8-13(14,15)16/h9-10,17H,6-8H2,1-5H3. The molecule has 1 aliphatic rings. The van der Waals surface area contributed by atoms with Crippen LogP contribution in [0.1, 0.15) is 47.0 Å². The van der Waals surface area contributed by atoms with Gasteiger partial charge in [-0.1, -0.05) is 27.7 Å². The highest BCUT2D eigenvalue weighted by atomic mass is 19.4. The van der Waals surface area contributed by atoms with Crippen LogP contribution in [-0.4, -0.2) is 19.3 Å². The highest BCUT2D eigenvalue weighted by Gasteiger charge is 2.54. The highest BCUT2D eigenvalue weighted by molar-refractivity contribution is 5.04. The Kier molecular flexibility index (Phi) is 3.88. The molecule has 1 saturated carbocycles. The molecular formula is C13H24F3N.